The van der Waals surface area contributed by atoms with E-state index >= 15 is 0 Å². The molecule has 2 rings (SSSR count). The Balaban J connectivity index is 1.88. The highest BCUT2D eigenvalue weighted by molar-refractivity contribution is 4.88. The second-order valence-electron chi connectivity index (χ2n) is 6.95. The second-order valence-corrected chi connectivity index (χ2v) is 6.95. The summed E-state index contributed by atoms with van der Waals surface area (Å²) in [6.45, 7) is 9.58. The van der Waals surface area contributed by atoms with Gasteiger partial charge in [-0.3, -0.25) is 4.90 Å². The molecule has 0 radical (unpaired) electrons. The fraction of sp³-hybridized carbons (Fsp3) is 1.00. The van der Waals surface area contributed by atoms with E-state index in [-0.39, 0.29) is 0 Å². The van der Waals surface area contributed by atoms with E-state index in [1.807, 2.05) is 0 Å². The first-order valence-electron chi connectivity index (χ1n) is 6.96. The number of hydrogen-bond donors (Lipinski definition) is 1. The molecule has 1 aliphatic heterocycles. The Kier molecular flexibility index (Phi) is 3.60. The van der Waals surface area contributed by atoms with E-state index in [0.717, 1.165) is 18.5 Å². The quantitative estimate of drug-likeness (QED) is 0.742. The van der Waals surface area contributed by atoms with Crippen molar-refractivity contribution in [3.63, 3.8) is 0 Å². The molecule has 2 N–H and O–H groups in total. The minimum atomic E-state index is 0.415. The summed E-state index contributed by atoms with van der Waals surface area (Å²) >= 11 is 0. The molecule has 1 saturated carbocycles. The third-order valence-electron chi connectivity index (χ3n) is 4.55. The van der Waals surface area contributed by atoms with Crippen LogP contribution in [-0.4, -0.2) is 30.1 Å². The van der Waals surface area contributed by atoms with E-state index in [1.54, 1.807) is 0 Å². The summed E-state index contributed by atoms with van der Waals surface area (Å²) < 4.78 is 0. The normalized spacial score (nSPS) is 37.5. The molecule has 2 nitrogen and oxygen atoms in total. The summed E-state index contributed by atoms with van der Waals surface area (Å²) in [5.74, 6) is 0.790. The Morgan fingerprint density at radius 3 is 2.31 bits per heavy atom. The van der Waals surface area contributed by atoms with Crippen LogP contribution in [0.4, 0.5) is 0 Å². The average molecular weight is 224 g/mol. The predicted molar refractivity (Wildman–Crippen MR) is 69.4 cm³/mol. The molecule has 1 heterocycles. The molecule has 2 atom stereocenters. The first kappa shape index (κ1) is 12.4. The molecule has 0 aromatic rings. The highest BCUT2D eigenvalue weighted by Gasteiger charge is 2.33. The van der Waals surface area contributed by atoms with Crippen molar-refractivity contribution in [2.75, 3.05) is 13.1 Å². The zero-order valence-electron chi connectivity index (χ0n) is 11.2. The van der Waals surface area contributed by atoms with Gasteiger partial charge in [0.25, 0.3) is 0 Å². The minimum absolute atomic E-state index is 0.415. The Bertz CT molecular complexity index is 217. The number of nitrogens with two attached hydrogens (primary N) is 1. The van der Waals surface area contributed by atoms with Crippen LogP contribution in [0.2, 0.25) is 0 Å². The smallest absolute Gasteiger partial charge is 0.0170 e. The summed E-state index contributed by atoms with van der Waals surface area (Å²) in [7, 11) is 0. The molecule has 0 spiro atoms. The summed E-state index contributed by atoms with van der Waals surface area (Å²) in [5, 5.41) is 0. The molecule has 0 aromatic heterocycles. The van der Waals surface area contributed by atoms with Crippen LogP contribution in [0.25, 0.3) is 0 Å². The highest BCUT2D eigenvalue weighted by Crippen LogP contribution is 2.37. The molecule has 0 bridgehead atoms. The van der Waals surface area contributed by atoms with Gasteiger partial charge >= 0.3 is 0 Å². The summed E-state index contributed by atoms with van der Waals surface area (Å²) in [6, 6.07) is 1.24. The van der Waals surface area contributed by atoms with E-state index in [0.29, 0.717) is 11.5 Å². The largest absolute Gasteiger partial charge is 0.327 e. The number of piperidine rings is 1. The van der Waals surface area contributed by atoms with Crippen LogP contribution in [0, 0.1) is 11.3 Å². The summed E-state index contributed by atoms with van der Waals surface area (Å²) in [5.41, 5.74) is 6.72. The molecule has 2 aliphatic rings. The molecule has 2 unspecified atom stereocenters. The molecule has 1 aliphatic carbocycles. The van der Waals surface area contributed by atoms with Gasteiger partial charge in [0.1, 0.15) is 0 Å². The highest BCUT2D eigenvalue weighted by atomic mass is 15.2. The lowest BCUT2D eigenvalue weighted by Gasteiger charge is -2.44. The van der Waals surface area contributed by atoms with Gasteiger partial charge in [0, 0.05) is 25.2 Å². The van der Waals surface area contributed by atoms with Gasteiger partial charge in [-0.2, -0.15) is 0 Å². The average Bonchev–Trinajstić information content (AvgIpc) is 2.15. The molecular formula is C14H28N2. The van der Waals surface area contributed by atoms with E-state index < -0.39 is 0 Å². The molecule has 1 saturated heterocycles. The number of likely N-dealkylation sites (tertiary alicyclic amines) is 1. The Morgan fingerprint density at radius 2 is 1.75 bits per heavy atom. The zero-order valence-corrected chi connectivity index (χ0v) is 11.2. The zero-order chi connectivity index (χ0) is 11.8. The Hall–Kier alpha value is -0.0800. The van der Waals surface area contributed by atoms with Crippen molar-refractivity contribution in [1.82, 2.24) is 4.90 Å². The third kappa shape index (κ3) is 2.98. The lowest BCUT2D eigenvalue weighted by molar-refractivity contribution is 0.0653. The lowest BCUT2D eigenvalue weighted by atomic mass is 9.75. The van der Waals surface area contributed by atoms with E-state index in [4.69, 9.17) is 5.73 Å². The van der Waals surface area contributed by atoms with E-state index in [1.165, 1.54) is 38.6 Å². The maximum absolute atomic E-state index is 6.13. The van der Waals surface area contributed by atoms with Crippen LogP contribution in [0.3, 0.4) is 0 Å². The number of nitrogens with zero attached hydrogens (tertiary/aromatic N) is 1. The van der Waals surface area contributed by atoms with Crippen LogP contribution in [0.1, 0.15) is 52.9 Å². The van der Waals surface area contributed by atoms with E-state index in [2.05, 4.69) is 25.7 Å². The fourth-order valence-electron chi connectivity index (χ4n) is 3.49. The van der Waals surface area contributed by atoms with Gasteiger partial charge in [0.15, 0.2) is 0 Å². The molecule has 16 heavy (non-hydrogen) atoms. The lowest BCUT2D eigenvalue weighted by Crippen LogP contribution is -2.51. The van der Waals surface area contributed by atoms with Crippen LogP contribution in [0.5, 0.6) is 0 Å². The maximum atomic E-state index is 6.13. The van der Waals surface area contributed by atoms with Gasteiger partial charge in [-0.15, -0.1) is 0 Å². The van der Waals surface area contributed by atoms with Gasteiger partial charge in [0.2, 0.25) is 0 Å². The van der Waals surface area contributed by atoms with Crippen LogP contribution < -0.4 is 5.73 Å². The number of hydrogen-bond acceptors (Lipinski definition) is 2. The summed E-state index contributed by atoms with van der Waals surface area (Å²) in [6.07, 6.45) is 6.75. The van der Waals surface area contributed by atoms with Crippen molar-refractivity contribution < 1.29 is 0 Å². The molecule has 0 amide bonds. The Labute approximate surface area is 101 Å². The molecular weight excluding hydrogens is 196 g/mol. The SMILES string of the molecule is CC1CC(N)CN(C2CCC(C)(C)CC2)C1. The second kappa shape index (κ2) is 4.66. The van der Waals surface area contributed by atoms with Crippen molar-refractivity contribution in [2.45, 2.75) is 65.0 Å². The number of rotatable bonds is 1. The topological polar surface area (TPSA) is 29.3 Å². The van der Waals surface area contributed by atoms with Crippen molar-refractivity contribution in [3.05, 3.63) is 0 Å². The minimum Gasteiger partial charge on any atom is -0.327 e. The van der Waals surface area contributed by atoms with Crippen LogP contribution in [-0.2, 0) is 0 Å². The monoisotopic (exact) mass is 224 g/mol. The van der Waals surface area contributed by atoms with Gasteiger partial charge in [-0.25, -0.2) is 0 Å². The Morgan fingerprint density at radius 1 is 1.12 bits per heavy atom. The van der Waals surface area contributed by atoms with Crippen molar-refractivity contribution in [2.24, 2.45) is 17.1 Å². The van der Waals surface area contributed by atoms with Gasteiger partial charge in [-0.1, -0.05) is 20.8 Å². The predicted octanol–water partition coefficient (Wildman–Crippen LogP) is 2.62. The van der Waals surface area contributed by atoms with Crippen molar-refractivity contribution in [1.29, 1.82) is 0 Å². The van der Waals surface area contributed by atoms with Crippen molar-refractivity contribution in [3.8, 4) is 0 Å². The van der Waals surface area contributed by atoms with Crippen LogP contribution >= 0.6 is 0 Å². The first-order chi connectivity index (χ1) is 7.46. The molecule has 94 valence electrons. The van der Waals surface area contributed by atoms with Gasteiger partial charge < -0.3 is 5.73 Å². The fourth-order valence-corrected chi connectivity index (χ4v) is 3.49. The maximum Gasteiger partial charge on any atom is 0.0170 e. The molecule has 0 aromatic carbocycles. The van der Waals surface area contributed by atoms with Gasteiger partial charge in [0.05, 0.1) is 0 Å². The first-order valence-corrected chi connectivity index (χ1v) is 6.96. The molecule has 2 fully saturated rings. The standard InChI is InChI=1S/C14H28N2/c1-11-8-12(15)10-16(9-11)13-4-6-14(2,3)7-5-13/h11-13H,4-10,15H2,1-3H3. The van der Waals surface area contributed by atoms with Crippen molar-refractivity contribution >= 4 is 0 Å². The van der Waals surface area contributed by atoms with Crippen LogP contribution in [0.15, 0.2) is 0 Å². The molecule has 2 heteroatoms. The van der Waals surface area contributed by atoms with E-state index in [9.17, 15) is 0 Å². The van der Waals surface area contributed by atoms with Gasteiger partial charge in [-0.05, 0) is 43.4 Å². The third-order valence-corrected chi connectivity index (χ3v) is 4.55. The summed E-state index contributed by atoms with van der Waals surface area (Å²) in [4.78, 5) is 2.67.